The minimum absolute atomic E-state index is 0.0590. The summed E-state index contributed by atoms with van der Waals surface area (Å²) in [5.41, 5.74) is 7.71. The third-order valence-corrected chi connectivity index (χ3v) is 7.14. The molecular formula is C26H39N5O2. The van der Waals surface area contributed by atoms with Crippen molar-refractivity contribution in [2.24, 2.45) is 23.5 Å². The van der Waals surface area contributed by atoms with Gasteiger partial charge in [0.1, 0.15) is 5.76 Å². The zero-order chi connectivity index (χ0) is 24.2. The molecule has 7 nitrogen and oxygen atoms in total. The van der Waals surface area contributed by atoms with E-state index in [4.69, 9.17) is 5.73 Å². The van der Waals surface area contributed by atoms with Gasteiger partial charge in [0.15, 0.2) is 5.82 Å². The first-order valence-electron chi connectivity index (χ1n) is 12.0. The zero-order valence-electron chi connectivity index (χ0n) is 20.6. The predicted octanol–water partition coefficient (Wildman–Crippen LogP) is 3.99. The van der Waals surface area contributed by atoms with Crippen molar-refractivity contribution in [2.45, 2.75) is 64.5 Å². The number of amides is 1. The van der Waals surface area contributed by atoms with Crippen LogP contribution >= 0.6 is 0 Å². The van der Waals surface area contributed by atoms with E-state index in [9.17, 15) is 9.90 Å². The number of nitrogens with zero attached hydrogens (tertiary/aromatic N) is 3. The van der Waals surface area contributed by atoms with E-state index >= 15 is 0 Å². The molecule has 0 bridgehead atoms. The molecule has 1 heterocycles. The average Bonchev–Trinajstić information content (AvgIpc) is 2.78. The molecule has 2 aliphatic rings. The maximum absolute atomic E-state index is 11.5. The van der Waals surface area contributed by atoms with Gasteiger partial charge in [0.25, 0.3) is 0 Å². The molecule has 0 spiro atoms. The molecule has 0 aliphatic heterocycles. The van der Waals surface area contributed by atoms with Crippen molar-refractivity contribution < 1.29 is 9.90 Å². The van der Waals surface area contributed by atoms with Crippen LogP contribution in [0.2, 0.25) is 0 Å². The number of nitrogens with one attached hydrogen (secondary N) is 1. The van der Waals surface area contributed by atoms with Crippen LogP contribution in [-0.2, 0) is 4.79 Å². The molecule has 1 aromatic rings. The van der Waals surface area contributed by atoms with E-state index in [1.807, 2.05) is 31.2 Å². The molecule has 0 saturated heterocycles. The number of allylic oxidation sites excluding steroid dienone is 5. The summed E-state index contributed by atoms with van der Waals surface area (Å²) >= 11 is 0. The summed E-state index contributed by atoms with van der Waals surface area (Å²) < 4.78 is 0. The van der Waals surface area contributed by atoms with Gasteiger partial charge in [0, 0.05) is 43.1 Å². The Morgan fingerprint density at radius 3 is 2.76 bits per heavy atom. The number of anilines is 1. The Balaban J connectivity index is 1.75. The lowest BCUT2D eigenvalue weighted by Gasteiger charge is -2.39. The number of aliphatic hydroxyl groups is 1. The Hall–Kier alpha value is -2.67. The highest BCUT2D eigenvalue weighted by atomic mass is 16.3. The fourth-order valence-corrected chi connectivity index (χ4v) is 4.92. The van der Waals surface area contributed by atoms with Gasteiger partial charge >= 0.3 is 0 Å². The maximum atomic E-state index is 11.5. The molecule has 2 aliphatic carbocycles. The predicted molar refractivity (Wildman–Crippen MR) is 134 cm³/mol. The Morgan fingerprint density at radius 2 is 2.09 bits per heavy atom. The molecule has 1 amide bonds. The Labute approximate surface area is 197 Å². The first kappa shape index (κ1) is 25.0. The molecule has 7 heteroatoms. The van der Waals surface area contributed by atoms with Crippen molar-refractivity contribution in [1.82, 2.24) is 15.5 Å². The van der Waals surface area contributed by atoms with E-state index in [1.54, 1.807) is 13.1 Å². The quantitative estimate of drug-likeness (QED) is 0.582. The molecule has 0 radical (unpaired) electrons. The van der Waals surface area contributed by atoms with Gasteiger partial charge in [-0.05, 0) is 50.3 Å². The van der Waals surface area contributed by atoms with Gasteiger partial charge in [0.05, 0.1) is 5.69 Å². The van der Waals surface area contributed by atoms with Crippen LogP contribution in [-0.4, -0.2) is 46.9 Å². The first-order chi connectivity index (χ1) is 15.6. The van der Waals surface area contributed by atoms with Crippen LogP contribution in [0.15, 0.2) is 42.2 Å². The Bertz CT molecular complexity index is 919. The van der Waals surface area contributed by atoms with Crippen LogP contribution in [0.1, 0.15) is 58.6 Å². The van der Waals surface area contributed by atoms with Crippen LogP contribution in [0.25, 0.3) is 5.57 Å². The summed E-state index contributed by atoms with van der Waals surface area (Å²) in [7, 11) is 3.66. The molecule has 1 fully saturated rings. The van der Waals surface area contributed by atoms with E-state index < -0.39 is 0 Å². The van der Waals surface area contributed by atoms with Gasteiger partial charge in [-0.15, -0.1) is 10.2 Å². The number of carbonyl (C=O) groups excluding carboxylic acids is 1. The lowest BCUT2D eigenvalue weighted by Crippen LogP contribution is -2.46. The van der Waals surface area contributed by atoms with Crippen LogP contribution in [0.4, 0.5) is 5.82 Å². The summed E-state index contributed by atoms with van der Waals surface area (Å²) in [5.74, 6) is 1.34. The molecule has 5 atom stereocenters. The number of nitrogens with two attached hydrogens (primary N) is 1. The van der Waals surface area contributed by atoms with Gasteiger partial charge < -0.3 is 21.1 Å². The van der Waals surface area contributed by atoms with Gasteiger partial charge in [-0.2, -0.15) is 0 Å². The van der Waals surface area contributed by atoms with Crippen LogP contribution in [0, 0.1) is 17.8 Å². The Kier molecular flexibility index (Phi) is 7.95. The van der Waals surface area contributed by atoms with Gasteiger partial charge in [-0.3, -0.25) is 4.79 Å². The van der Waals surface area contributed by atoms with E-state index in [0.717, 1.165) is 25.1 Å². The number of aromatic nitrogens is 2. The largest absolute Gasteiger partial charge is 0.511 e. The third kappa shape index (κ3) is 6.22. The second-order valence-corrected chi connectivity index (χ2v) is 10.1. The number of carbonyl (C=O) groups is 1. The molecule has 33 heavy (non-hydrogen) atoms. The molecule has 1 aromatic heterocycles. The number of hydrogen-bond acceptors (Lipinski definition) is 6. The lowest BCUT2D eigenvalue weighted by atomic mass is 9.80. The first-order valence-corrected chi connectivity index (χ1v) is 12.0. The highest BCUT2D eigenvalue weighted by molar-refractivity contribution is 5.87. The van der Waals surface area contributed by atoms with Crippen molar-refractivity contribution in [3.8, 4) is 0 Å². The Morgan fingerprint density at radius 1 is 1.33 bits per heavy atom. The maximum Gasteiger partial charge on any atom is 0.243 e. The van der Waals surface area contributed by atoms with Crippen molar-refractivity contribution in [2.75, 3.05) is 19.0 Å². The zero-order valence-corrected chi connectivity index (χ0v) is 20.6. The summed E-state index contributed by atoms with van der Waals surface area (Å²) in [6.45, 7) is 6.41. The van der Waals surface area contributed by atoms with Gasteiger partial charge in [-0.25, -0.2) is 0 Å². The topological polar surface area (TPSA) is 104 Å². The summed E-state index contributed by atoms with van der Waals surface area (Å²) in [6.07, 6.45) is 12.6. The van der Waals surface area contributed by atoms with E-state index in [2.05, 4.69) is 41.3 Å². The minimum Gasteiger partial charge on any atom is -0.511 e. The second-order valence-electron chi connectivity index (χ2n) is 10.1. The summed E-state index contributed by atoms with van der Waals surface area (Å²) in [5, 5.41) is 22.3. The smallest absolute Gasteiger partial charge is 0.243 e. The summed E-state index contributed by atoms with van der Waals surface area (Å²) in [6, 6.07) is 4.19. The fraction of sp³-hybridized carbons (Fsp3) is 0.577. The molecule has 2 unspecified atom stereocenters. The molecule has 4 N–H and O–H groups in total. The summed E-state index contributed by atoms with van der Waals surface area (Å²) in [4.78, 5) is 13.7. The van der Waals surface area contributed by atoms with E-state index in [-0.39, 0.29) is 29.0 Å². The van der Waals surface area contributed by atoms with Crippen LogP contribution in [0.3, 0.4) is 0 Å². The normalized spacial score (nSPS) is 30.7. The van der Waals surface area contributed by atoms with Crippen LogP contribution in [0.5, 0.6) is 0 Å². The van der Waals surface area contributed by atoms with Crippen molar-refractivity contribution in [3.05, 3.63) is 47.9 Å². The SMILES string of the molecule is CNC(=O)/C=C/C1C=CC(c2ccc(N(C)[C@H]3C[C@H](C)CCC[C@@](C)(N)C3)nn2)=C(O)C1C. The van der Waals surface area contributed by atoms with Gasteiger partial charge in [0.2, 0.25) is 5.91 Å². The van der Waals surface area contributed by atoms with Crippen molar-refractivity contribution in [1.29, 1.82) is 0 Å². The fourth-order valence-electron chi connectivity index (χ4n) is 4.92. The molecule has 180 valence electrons. The molecule has 0 aromatic carbocycles. The lowest BCUT2D eigenvalue weighted by molar-refractivity contribution is -0.116. The van der Waals surface area contributed by atoms with E-state index in [0.29, 0.717) is 23.2 Å². The average molecular weight is 454 g/mol. The number of aliphatic hydroxyl groups excluding tert-OH is 1. The second kappa shape index (κ2) is 10.5. The van der Waals surface area contributed by atoms with Crippen LogP contribution < -0.4 is 16.0 Å². The number of likely N-dealkylation sites (N-methyl/N-ethyl adjacent to an activating group) is 1. The van der Waals surface area contributed by atoms with Crippen molar-refractivity contribution >= 4 is 17.3 Å². The number of hydrogen-bond donors (Lipinski definition) is 3. The molecule has 1 saturated carbocycles. The highest BCUT2D eigenvalue weighted by Crippen LogP contribution is 2.34. The highest BCUT2D eigenvalue weighted by Gasteiger charge is 2.31. The van der Waals surface area contributed by atoms with E-state index in [1.165, 1.54) is 18.9 Å². The van der Waals surface area contributed by atoms with Crippen molar-refractivity contribution in [3.63, 3.8) is 0 Å². The monoisotopic (exact) mass is 453 g/mol. The van der Waals surface area contributed by atoms with Gasteiger partial charge in [-0.1, -0.05) is 44.9 Å². The molecule has 3 rings (SSSR count). The third-order valence-electron chi connectivity index (χ3n) is 7.14. The minimum atomic E-state index is -0.172. The molecular weight excluding hydrogens is 414 g/mol. The number of rotatable bonds is 5. The standard InChI is InChI=1S/C26H39N5O2/c1-17-7-6-14-26(3,27)16-20(15-17)31(5)23-12-11-22(29-30-23)21-10-8-19(18(2)25(21)33)9-13-24(32)28-4/h8-13,17-20,33H,6-7,14-16,27H2,1-5H3,(H,28,32)/b13-9+/t17-,18?,19?,20+,26-/m1/s1.